The van der Waals surface area contributed by atoms with Gasteiger partial charge in [0.05, 0.1) is 6.04 Å². The van der Waals surface area contributed by atoms with Crippen LogP contribution in [0.25, 0.3) is 5.76 Å². The SMILES string of the molecule is O=C1NC(Cc2ccccc2)C(=O)/C1=C(/O)c1ccc(F)cc1. The number of amides is 1. The molecule has 0 bridgehead atoms. The number of carbonyl (C=O) groups excluding carboxylic acids is 2. The predicted molar refractivity (Wildman–Crippen MR) is 83.0 cm³/mol. The third-order valence-electron chi connectivity index (χ3n) is 3.73. The summed E-state index contributed by atoms with van der Waals surface area (Å²) in [6.07, 6.45) is 0.353. The van der Waals surface area contributed by atoms with Gasteiger partial charge in [-0.2, -0.15) is 0 Å². The number of aliphatic hydroxyl groups excluding tert-OH is 1. The maximum absolute atomic E-state index is 12.9. The van der Waals surface area contributed by atoms with Crippen LogP contribution < -0.4 is 5.32 Å². The van der Waals surface area contributed by atoms with Gasteiger partial charge in [0.1, 0.15) is 17.1 Å². The van der Waals surface area contributed by atoms with Crippen molar-refractivity contribution in [3.8, 4) is 0 Å². The van der Waals surface area contributed by atoms with Crippen LogP contribution in [0.3, 0.4) is 0 Å². The molecule has 5 heteroatoms. The number of aliphatic hydroxyl groups is 1. The molecule has 1 amide bonds. The van der Waals surface area contributed by atoms with Crippen LogP contribution in [-0.2, 0) is 16.0 Å². The third-order valence-corrected chi connectivity index (χ3v) is 3.73. The van der Waals surface area contributed by atoms with E-state index in [0.29, 0.717) is 6.42 Å². The van der Waals surface area contributed by atoms with Crippen molar-refractivity contribution in [3.05, 3.63) is 77.1 Å². The molecular formula is C18H14FNO3. The second-order valence-corrected chi connectivity index (χ2v) is 5.31. The van der Waals surface area contributed by atoms with Gasteiger partial charge in [0.15, 0.2) is 5.78 Å². The summed E-state index contributed by atoms with van der Waals surface area (Å²) in [6, 6.07) is 13.5. The van der Waals surface area contributed by atoms with E-state index in [0.717, 1.165) is 17.7 Å². The van der Waals surface area contributed by atoms with Crippen LogP contribution in [0.1, 0.15) is 11.1 Å². The topological polar surface area (TPSA) is 66.4 Å². The summed E-state index contributed by atoms with van der Waals surface area (Å²) < 4.78 is 12.9. The molecule has 1 fully saturated rings. The van der Waals surface area contributed by atoms with E-state index < -0.39 is 29.3 Å². The van der Waals surface area contributed by atoms with Gasteiger partial charge in [-0.3, -0.25) is 9.59 Å². The number of rotatable bonds is 3. The number of Topliss-reactive ketones (excluding diaryl/α,β-unsaturated/α-hetero) is 1. The molecule has 2 aromatic rings. The number of halogens is 1. The Bertz CT molecular complexity index is 782. The standard InChI is InChI=1S/C18H14FNO3/c19-13-8-6-12(7-9-13)16(21)15-17(22)14(20-18(15)23)10-11-4-2-1-3-5-11/h1-9,14,21H,10H2,(H,20,23)/b16-15-. The minimum atomic E-state index is -0.706. The zero-order chi connectivity index (χ0) is 16.4. The molecule has 2 aromatic carbocycles. The van der Waals surface area contributed by atoms with Gasteiger partial charge in [-0.05, 0) is 29.8 Å². The molecule has 1 heterocycles. The van der Waals surface area contributed by atoms with Crippen molar-refractivity contribution in [1.29, 1.82) is 0 Å². The molecule has 1 aliphatic rings. The Morgan fingerprint density at radius 1 is 1.04 bits per heavy atom. The van der Waals surface area contributed by atoms with Crippen molar-refractivity contribution in [2.45, 2.75) is 12.5 Å². The molecule has 0 saturated carbocycles. The Kier molecular flexibility index (Phi) is 3.93. The van der Waals surface area contributed by atoms with Gasteiger partial charge in [0.25, 0.3) is 5.91 Å². The second-order valence-electron chi connectivity index (χ2n) is 5.31. The summed E-state index contributed by atoms with van der Waals surface area (Å²) in [5.41, 5.74) is 0.858. The fraction of sp³-hybridized carbons (Fsp3) is 0.111. The van der Waals surface area contributed by atoms with E-state index in [2.05, 4.69) is 5.32 Å². The smallest absolute Gasteiger partial charge is 0.259 e. The number of ketones is 1. The maximum atomic E-state index is 12.9. The van der Waals surface area contributed by atoms with Crippen LogP contribution in [0, 0.1) is 5.82 Å². The molecule has 2 N–H and O–H groups in total. The lowest BCUT2D eigenvalue weighted by Crippen LogP contribution is -2.31. The molecule has 1 aliphatic heterocycles. The summed E-state index contributed by atoms with van der Waals surface area (Å²) in [6.45, 7) is 0. The Morgan fingerprint density at radius 2 is 1.70 bits per heavy atom. The quantitative estimate of drug-likeness (QED) is 0.520. The highest BCUT2D eigenvalue weighted by Crippen LogP contribution is 2.23. The maximum Gasteiger partial charge on any atom is 0.259 e. The first-order chi connectivity index (χ1) is 11.1. The molecule has 1 unspecified atom stereocenters. The first kappa shape index (κ1) is 15.0. The minimum Gasteiger partial charge on any atom is -0.506 e. The first-order valence-corrected chi connectivity index (χ1v) is 7.14. The van der Waals surface area contributed by atoms with E-state index in [1.54, 1.807) is 0 Å². The lowest BCUT2D eigenvalue weighted by Gasteiger charge is -2.07. The van der Waals surface area contributed by atoms with Crippen molar-refractivity contribution in [2.75, 3.05) is 0 Å². The van der Waals surface area contributed by atoms with Crippen molar-refractivity contribution in [2.24, 2.45) is 0 Å². The van der Waals surface area contributed by atoms with Crippen LogP contribution in [0.2, 0.25) is 0 Å². The molecule has 1 saturated heterocycles. The number of hydrogen-bond donors (Lipinski definition) is 2. The van der Waals surface area contributed by atoms with E-state index in [1.807, 2.05) is 30.3 Å². The normalized spacial score (nSPS) is 19.6. The Balaban J connectivity index is 1.89. The summed E-state index contributed by atoms with van der Waals surface area (Å²) in [5.74, 6) is -1.96. The van der Waals surface area contributed by atoms with Crippen LogP contribution in [0.4, 0.5) is 4.39 Å². The molecule has 116 valence electrons. The molecule has 0 aromatic heterocycles. The minimum absolute atomic E-state index is 0.227. The first-order valence-electron chi connectivity index (χ1n) is 7.14. The molecule has 1 atom stereocenters. The summed E-state index contributed by atoms with van der Waals surface area (Å²) in [7, 11) is 0. The molecular weight excluding hydrogens is 297 g/mol. The zero-order valence-corrected chi connectivity index (χ0v) is 12.1. The average Bonchev–Trinajstić information content (AvgIpc) is 2.82. The molecule has 0 aliphatic carbocycles. The highest BCUT2D eigenvalue weighted by molar-refractivity contribution is 6.30. The van der Waals surface area contributed by atoms with Crippen LogP contribution in [0.5, 0.6) is 0 Å². The third kappa shape index (κ3) is 2.99. The highest BCUT2D eigenvalue weighted by Gasteiger charge is 2.38. The highest BCUT2D eigenvalue weighted by atomic mass is 19.1. The average molecular weight is 311 g/mol. The van der Waals surface area contributed by atoms with Gasteiger partial charge in [-0.1, -0.05) is 30.3 Å². The fourth-order valence-electron chi connectivity index (χ4n) is 2.55. The van der Waals surface area contributed by atoms with Gasteiger partial charge in [0, 0.05) is 12.0 Å². The van der Waals surface area contributed by atoms with E-state index in [4.69, 9.17) is 0 Å². The molecule has 4 nitrogen and oxygen atoms in total. The van der Waals surface area contributed by atoms with Crippen LogP contribution >= 0.6 is 0 Å². The fourth-order valence-corrected chi connectivity index (χ4v) is 2.55. The zero-order valence-electron chi connectivity index (χ0n) is 12.1. The summed E-state index contributed by atoms with van der Waals surface area (Å²) >= 11 is 0. The largest absolute Gasteiger partial charge is 0.506 e. The van der Waals surface area contributed by atoms with E-state index in [-0.39, 0.29) is 11.1 Å². The Morgan fingerprint density at radius 3 is 2.35 bits per heavy atom. The number of carbonyl (C=O) groups is 2. The Hall–Kier alpha value is -2.95. The van der Waals surface area contributed by atoms with Gasteiger partial charge in [0.2, 0.25) is 0 Å². The lowest BCUT2D eigenvalue weighted by atomic mass is 9.99. The lowest BCUT2D eigenvalue weighted by molar-refractivity contribution is -0.117. The number of hydrogen-bond acceptors (Lipinski definition) is 3. The molecule has 0 spiro atoms. The number of nitrogens with one attached hydrogen (secondary N) is 1. The van der Waals surface area contributed by atoms with Gasteiger partial charge >= 0.3 is 0 Å². The van der Waals surface area contributed by atoms with Crippen LogP contribution in [0.15, 0.2) is 60.2 Å². The monoisotopic (exact) mass is 311 g/mol. The molecule has 3 rings (SSSR count). The van der Waals surface area contributed by atoms with Gasteiger partial charge in [-0.15, -0.1) is 0 Å². The van der Waals surface area contributed by atoms with Crippen molar-refractivity contribution < 1.29 is 19.1 Å². The predicted octanol–water partition coefficient (Wildman–Crippen LogP) is 2.41. The summed E-state index contributed by atoms with van der Waals surface area (Å²) in [4.78, 5) is 24.5. The Labute approximate surface area is 132 Å². The molecule has 23 heavy (non-hydrogen) atoms. The van der Waals surface area contributed by atoms with Crippen molar-refractivity contribution in [3.63, 3.8) is 0 Å². The summed E-state index contributed by atoms with van der Waals surface area (Å²) in [5, 5.41) is 12.8. The van der Waals surface area contributed by atoms with E-state index >= 15 is 0 Å². The van der Waals surface area contributed by atoms with E-state index in [9.17, 15) is 19.1 Å². The van der Waals surface area contributed by atoms with Crippen molar-refractivity contribution in [1.82, 2.24) is 5.32 Å². The van der Waals surface area contributed by atoms with Gasteiger partial charge < -0.3 is 10.4 Å². The molecule has 0 radical (unpaired) electrons. The number of benzene rings is 2. The van der Waals surface area contributed by atoms with E-state index in [1.165, 1.54) is 12.1 Å². The van der Waals surface area contributed by atoms with Crippen molar-refractivity contribution >= 4 is 17.4 Å². The second kappa shape index (κ2) is 6.04. The van der Waals surface area contributed by atoms with Gasteiger partial charge in [-0.25, -0.2) is 4.39 Å². The van der Waals surface area contributed by atoms with Crippen LogP contribution in [-0.4, -0.2) is 22.8 Å².